The van der Waals surface area contributed by atoms with E-state index in [9.17, 15) is 4.79 Å². The Bertz CT molecular complexity index is 761. The minimum Gasteiger partial charge on any atom is -0.493 e. The molecule has 1 heterocycles. The van der Waals surface area contributed by atoms with Gasteiger partial charge in [0.25, 0.3) is 5.91 Å². The van der Waals surface area contributed by atoms with Gasteiger partial charge >= 0.3 is 0 Å². The van der Waals surface area contributed by atoms with E-state index in [2.05, 4.69) is 16.4 Å². The number of aromatic amines is 1. The first kappa shape index (κ1) is 16.4. The smallest absolute Gasteiger partial charge is 0.253 e. The van der Waals surface area contributed by atoms with Crippen LogP contribution in [0.2, 0.25) is 0 Å². The maximum Gasteiger partial charge on any atom is 0.253 e. The van der Waals surface area contributed by atoms with Gasteiger partial charge in [0.15, 0.2) is 11.5 Å². The molecular formula is C19H24N2O3. The molecule has 0 unspecified atom stereocenters. The Morgan fingerprint density at radius 2 is 2.00 bits per heavy atom. The van der Waals surface area contributed by atoms with E-state index in [1.807, 2.05) is 12.1 Å². The number of rotatable bonds is 6. The average Bonchev–Trinajstić information content (AvgIpc) is 3.04. The Labute approximate surface area is 142 Å². The van der Waals surface area contributed by atoms with Gasteiger partial charge in [-0.3, -0.25) is 4.79 Å². The summed E-state index contributed by atoms with van der Waals surface area (Å²) in [5.41, 5.74) is 2.95. The number of nitrogens with one attached hydrogen (secondary N) is 2. The lowest BCUT2D eigenvalue weighted by molar-refractivity contribution is 0.0955. The molecule has 24 heavy (non-hydrogen) atoms. The van der Waals surface area contributed by atoms with Gasteiger partial charge in [-0.15, -0.1) is 0 Å². The van der Waals surface area contributed by atoms with Gasteiger partial charge in [-0.2, -0.15) is 0 Å². The highest BCUT2D eigenvalue weighted by molar-refractivity contribution is 6.07. The van der Waals surface area contributed by atoms with Crippen LogP contribution in [0.15, 0.2) is 30.0 Å². The van der Waals surface area contributed by atoms with E-state index in [1.165, 1.54) is 31.3 Å². The Morgan fingerprint density at radius 3 is 2.71 bits per heavy atom. The summed E-state index contributed by atoms with van der Waals surface area (Å²) >= 11 is 0. The van der Waals surface area contributed by atoms with Crippen molar-refractivity contribution in [2.24, 2.45) is 0 Å². The molecule has 0 spiro atoms. The number of aromatic nitrogens is 1. The second-order valence-corrected chi connectivity index (χ2v) is 6.07. The number of ether oxygens (including phenoxy) is 2. The van der Waals surface area contributed by atoms with E-state index in [0.717, 1.165) is 17.3 Å². The van der Waals surface area contributed by atoms with Crippen LogP contribution in [-0.4, -0.2) is 31.7 Å². The second kappa shape index (κ2) is 7.43. The van der Waals surface area contributed by atoms with Crippen LogP contribution in [-0.2, 0) is 0 Å². The number of carbonyl (C=O) groups excluding carboxylic acids is 1. The molecule has 1 aliphatic rings. The first-order valence-corrected chi connectivity index (χ1v) is 8.42. The Morgan fingerprint density at radius 1 is 1.21 bits per heavy atom. The summed E-state index contributed by atoms with van der Waals surface area (Å²) in [5.74, 6) is 1.19. The van der Waals surface area contributed by atoms with E-state index < -0.39 is 0 Å². The van der Waals surface area contributed by atoms with Crippen molar-refractivity contribution < 1.29 is 14.3 Å². The van der Waals surface area contributed by atoms with E-state index >= 15 is 0 Å². The number of hydrogen-bond acceptors (Lipinski definition) is 3. The third-order valence-electron chi connectivity index (χ3n) is 4.55. The SMILES string of the molecule is COc1cc2[nH]cc(C(=O)NCCC3=CCCCC3)c2cc1OC. The van der Waals surface area contributed by atoms with E-state index in [0.29, 0.717) is 23.6 Å². The van der Waals surface area contributed by atoms with Crippen molar-refractivity contribution in [3.05, 3.63) is 35.5 Å². The molecule has 3 rings (SSSR count). The first-order chi connectivity index (χ1) is 11.7. The lowest BCUT2D eigenvalue weighted by atomic mass is 9.97. The standard InChI is InChI=1S/C19H24N2O3/c1-23-17-10-14-15(12-21-16(14)11-18(17)24-2)19(22)20-9-8-13-6-4-3-5-7-13/h6,10-12,21H,3-5,7-9H2,1-2H3,(H,20,22). The lowest BCUT2D eigenvalue weighted by Gasteiger charge is -2.13. The van der Waals surface area contributed by atoms with Crippen molar-refractivity contribution in [1.82, 2.24) is 10.3 Å². The number of H-pyrrole nitrogens is 1. The monoisotopic (exact) mass is 328 g/mol. The molecule has 1 aromatic carbocycles. The van der Waals surface area contributed by atoms with Crippen LogP contribution in [0.3, 0.4) is 0 Å². The van der Waals surface area contributed by atoms with Gasteiger partial charge in [0, 0.05) is 24.2 Å². The molecule has 0 saturated carbocycles. The summed E-state index contributed by atoms with van der Waals surface area (Å²) in [6.07, 6.45) is 9.89. The third-order valence-corrected chi connectivity index (χ3v) is 4.55. The molecule has 2 aromatic rings. The maximum atomic E-state index is 12.5. The zero-order valence-corrected chi connectivity index (χ0v) is 14.3. The molecule has 0 aliphatic heterocycles. The van der Waals surface area contributed by atoms with E-state index in [-0.39, 0.29) is 5.91 Å². The summed E-state index contributed by atoms with van der Waals surface area (Å²) in [5, 5.41) is 3.85. The van der Waals surface area contributed by atoms with Gasteiger partial charge < -0.3 is 19.8 Å². The van der Waals surface area contributed by atoms with Crippen LogP contribution < -0.4 is 14.8 Å². The molecule has 1 aromatic heterocycles. The Hall–Kier alpha value is -2.43. The highest BCUT2D eigenvalue weighted by Gasteiger charge is 2.15. The Balaban J connectivity index is 1.71. The van der Waals surface area contributed by atoms with E-state index in [4.69, 9.17) is 9.47 Å². The van der Waals surface area contributed by atoms with Gasteiger partial charge in [-0.1, -0.05) is 11.6 Å². The number of hydrogen-bond donors (Lipinski definition) is 2. The van der Waals surface area contributed by atoms with Crippen molar-refractivity contribution in [3.8, 4) is 11.5 Å². The number of carbonyl (C=O) groups is 1. The molecule has 2 N–H and O–H groups in total. The predicted octanol–water partition coefficient (Wildman–Crippen LogP) is 3.81. The fraction of sp³-hybridized carbons (Fsp3) is 0.421. The molecule has 1 aliphatic carbocycles. The van der Waals surface area contributed by atoms with Crippen LogP contribution in [0.1, 0.15) is 42.5 Å². The van der Waals surface area contributed by atoms with Gasteiger partial charge in [0.2, 0.25) is 0 Å². The largest absolute Gasteiger partial charge is 0.493 e. The molecule has 128 valence electrons. The zero-order valence-electron chi connectivity index (χ0n) is 14.3. The highest BCUT2D eigenvalue weighted by atomic mass is 16.5. The van der Waals surface area contributed by atoms with Crippen molar-refractivity contribution >= 4 is 16.8 Å². The molecule has 0 radical (unpaired) electrons. The van der Waals surface area contributed by atoms with Crippen molar-refractivity contribution in [1.29, 1.82) is 0 Å². The number of benzene rings is 1. The Kier molecular flexibility index (Phi) is 5.08. The predicted molar refractivity (Wildman–Crippen MR) is 94.9 cm³/mol. The maximum absolute atomic E-state index is 12.5. The van der Waals surface area contributed by atoms with Gasteiger partial charge in [-0.25, -0.2) is 0 Å². The van der Waals surface area contributed by atoms with E-state index in [1.54, 1.807) is 20.4 Å². The highest BCUT2D eigenvalue weighted by Crippen LogP contribution is 2.33. The second-order valence-electron chi connectivity index (χ2n) is 6.07. The minimum absolute atomic E-state index is 0.0649. The first-order valence-electron chi connectivity index (χ1n) is 8.42. The number of methoxy groups -OCH3 is 2. The zero-order chi connectivity index (χ0) is 16.9. The molecule has 5 nitrogen and oxygen atoms in total. The van der Waals surface area contributed by atoms with Gasteiger partial charge in [-0.05, 0) is 38.2 Å². The van der Waals surface area contributed by atoms with Gasteiger partial charge in [0.05, 0.1) is 25.3 Å². The van der Waals surface area contributed by atoms with Crippen molar-refractivity contribution in [2.75, 3.05) is 20.8 Å². The topological polar surface area (TPSA) is 63.4 Å². The molecule has 5 heteroatoms. The quantitative estimate of drug-likeness (QED) is 0.793. The average molecular weight is 328 g/mol. The summed E-state index contributed by atoms with van der Waals surface area (Å²) in [4.78, 5) is 15.6. The summed E-state index contributed by atoms with van der Waals surface area (Å²) in [7, 11) is 3.19. The number of allylic oxidation sites excluding steroid dienone is 1. The lowest BCUT2D eigenvalue weighted by Crippen LogP contribution is -2.24. The van der Waals surface area contributed by atoms with Crippen molar-refractivity contribution in [2.45, 2.75) is 32.1 Å². The molecule has 0 bridgehead atoms. The van der Waals surface area contributed by atoms with Gasteiger partial charge in [0.1, 0.15) is 0 Å². The van der Waals surface area contributed by atoms with Crippen LogP contribution in [0.4, 0.5) is 0 Å². The third kappa shape index (κ3) is 3.40. The van der Waals surface area contributed by atoms with Crippen LogP contribution in [0.5, 0.6) is 11.5 Å². The fourth-order valence-corrected chi connectivity index (χ4v) is 3.20. The fourth-order valence-electron chi connectivity index (χ4n) is 3.20. The number of fused-ring (bicyclic) bond motifs is 1. The molecular weight excluding hydrogens is 304 g/mol. The van der Waals surface area contributed by atoms with Crippen LogP contribution in [0, 0.1) is 0 Å². The summed E-state index contributed by atoms with van der Waals surface area (Å²) in [6, 6.07) is 3.68. The molecule has 0 saturated heterocycles. The molecule has 1 amide bonds. The molecule has 0 fully saturated rings. The van der Waals surface area contributed by atoms with Crippen LogP contribution >= 0.6 is 0 Å². The normalized spacial score (nSPS) is 14.3. The van der Waals surface area contributed by atoms with Crippen molar-refractivity contribution in [3.63, 3.8) is 0 Å². The minimum atomic E-state index is -0.0649. The summed E-state index contributed by atoms with van der Waals surface area (Å²) < 4.78 is 10.6. The van der Waals surface area contributed by atoms with Crippen LogP contribution in [0.25, 0.3) is 10.9 Å². The number of amides is 1. The summed E-state index contributed by atoms with van der Waals surface area (Å²) in [6.45, 7) is 0.671. The molecule has 0 atom stereocenters.